The van der Waals surface area contributed by atoms with Gasteiger partial charge in [0.2, 0.25) is 17.8 Å². The van der Waals surface area contributed by atoms with Gasteiger partial charge in [0.1, 0.15) is 0 Å². The third-order valence-corrected chi connectivity index (χ3v) is 5.77. The van der Waals surface area contributed by atoms with E-state index in [1.165, 1.54) is 0 Å². The number of halogens is 2. The fourth-order valence-electron chi connectivity index (χ4n) is 3.32. The lowest BCUT2D eigenvalue weighted by Crippen LogP contribution is -2.45. The summed E-state index contributed by atoms with van der Waals surface area (Å²) in [5, 5.41) is 7.90. The highest BCUT2D eigenvalue weighted by Gasteiger charge is 2.19. The Labute approximate surface area is 192 Å². The highest BCUT2D eigenvalue weighted by molar-refractivity contribution is 6.31. The molecule has 1 saturated heterocycles. The zero-order valence-corrected chi connectivity index (χ0v) is 19.3. The van der Waals surface area contributed by atoms with Gasteiger partial charge < -0.3 is 20.4 Å². The molecule has 1 aromatic heterocycles. The molecule has 1 fully saturated rings. The second-order valence-electron chi connectivity index (χ2n) is 7.74. The summed E-state index contributed by atoms with van der Waals surface area (Å²) in [4.78, 5) is 18.5. The largest absolute Gasteiger partial charge is 0.338 e. The minimum Gasteiger partial charge on any atom is -0.338 e. The zero-order chi connectivity index (χ0) is 22.0. The predicted molar refractivity (Wildman–Crippen MR) is 128 cm³/mol. The van der Waals surface area contributed by atoms with Crippen molar-refractivity contribution in [1.82, 2.24) is 19.9 Å². The van der Waals surface area contributed by atoms with E-state index < -0.39 is 0 Å². The minimum absolute atomic E-state index is 0.455. The van der Waals surface area contributed by atoms with Gasteiger partial charge >= 0.3 is 0 Å². The lowest BCUT2D eigenvalue weighted by molar-refractivity contribution is 0.311. The maximum Gasteiger partial charge on any atom is 0.233 e. The number of nitrogens with one attached hydrogen (secondary N) is 2. The number of aryl methyl sites for hydroxylation is 2. The van der Waals surface area contributed by atoms with E-state index in [9.17, 15) is 0 Å². The Morgan fingerprint density at radius 1 is 0.742 bits per heavy atom. The summed E-state index contributed by atoms with van der Waals surface area (Å²) in [6.45, 7) is 7.64. The molecule has 4 rings (SSSR count). The number of aromatic nitrogens is 3. The van der Waals surface area contributed by atoms with E-state index in [4.69, 9.17) is 33.2 Å². The lowest BCUT2D eigenvalue weighted by Gasteiger charge is -2.32. The van der Waals surface area contributed by atoms with Gasteiger partial charge in [0.05, 0.1) is 0 Å². The van der Waals surface area contributed by atoms with Crippen LogP contribution in [0.2, 0.25) is 10.0 Å². The Morgan fingerprint density at radius 3 is 1.71 bits per heavy atom. The topological polar surface area (TPSA) is 69.2 Å². The SMILES string of the molecule is Cc1ccc(Cl)cc1Nc1nc(Nc2cc(Cl)ccc2C)nc(N2CCN(C)CC2)n1. The smallest absolute Gasteiger partial charge is 0.233 e. The van der Waals surface area contributed by atoms with Crippen LogP contribution in [0.5, 0.6) is 0 Å². The van der Waals surface area contributed by atoms with Crippen LogP contribution in [-0.4, -0.2) is 53.1 Å². The van der Waals surface area contributed by atoms with Crippen molar-refractivity contribution in [3.05, 3.63) is 57.6 Å². The molecule has 0 spiro atoms. The van der Waals surface area contributed by atoms with Gasteiger partial charge in [0.15, 0.2) is 0 Å². The van der Waals surface area contributed by atoms with Crippen LogP contribution in [0.4, 0.5) is 29.2 Å². The van der Waals surface area contributed by atoms with Crippen molar-refractivity contribution in [2.75, 3.05) is 48.8 Å². The summed E-state index contributed by atoms with van der Waals surface area (Å²) in [5.74, 6) is 1.54. The van der Waals surface area contributed by atoms with Crippen molar-refractivity contribution in [1.29, 1.82) is 0 Å². The van der Waals surface area contributed by atoms with E-state index in [0.717, 1.165) is 48.7 Å². The van der Waals surface area contributed by atoms with Crippen LogP contribution in [0, 0.1) is 13.8 Å². The number of anilines is 5. The van der Waals surface area contributed by atoms with Crippen LogP contribution in [0.3, 0.4) is 0 Å². The van der Waals surface area contributed by atoms with Gasteiger partial charge in [-0.25, -0.2) is 0 Å². The highest BCUT2D eigenvalue weighted by Crippen LogP contribution is 2.27. The van der Waals surface area contributed by atoms with Crippen LogP contribution in [0.1, 0.15) is 11.1 Å². The second kappa shape index (κ2) is 9.26. The summed E-state index contributed by atoms with van der Waals surface area (Å²) in [6, 6.07) is 11.4. The fourth-order valence-corrected chi connectivity index (χ4v) is 3.67. The normalized spacial score (nSPS) is 14.5. The van der Waals surface area contributed by atoms with Gasteiger partial charge in [-0.15, -0.1) is 0 Å². The van der Waals surface area contributed by atoms with E-state index in [2.05, 4.69) is 32.5 Å². The average Bonchev–Trinajstić information content (AvgIpc) is 2.74. The van der Waals surface area contributed by atoms with Gasteiger partial charge in [0.25, 0.3) is 0 Å². The maximum absolute atomic E-state index is 6.19. The van der Waals surface area contributed by atoms with Gasteiger partial charge in [-0.1, -0.05) is 35.3 Å². The molecule has 0 aliphatic carbocycles. The molecule has 2 N–H and O–H groups in total. The van der Waals surface area contributed by atoms with Crippen LogP contribution < -0.4 is 15.5 Å². The third kappa shape index (κ3) is 5.36. The Bertz CT molecular complexity index is 1010. The zero-order valence-electron chi connectivity index (χ0n) is 17.8. The van der Waals surface area contributed by atoms with Crippen LogP contribution >= 0.6 is 23.2 Å². The highest BCUT2D eigenvalue weighted by atomic mass is 35.5. The lowest BCUT2D eigenvalue weighted by atomic mass is 10.2. The Kier molecular flexibility index (Phi) is 6.46. The molecule has 3 aromatic rings. The molecule has 162 valence electrons. The van der Waals surface area contributed by atoms with Crippen LogP contribution in [0.25, 0.3) is 0 Å². The van der Waals surface area contributed by atoms with Crippen molar-refractivity contribution in [3.63, 3.8) is 0 Å². The van der Waals surface area contributed by atoms with Gasteiger partial charge in [-0.3, -0.25) is 0 Å². The molecular weight excluding hydrogens is 433 g/mol. The molecule has 31 heavy (non-hydrogen) atoms. The quantitative estimate of drug-likeness (QED) is 0.556. The first-order chi connectivity index (χ1) is 14.9. The van der Waals surface area contributed by atoms with Crippen molar-refractivity contribution >= 4 is 52.4 Å². The van der Waals surface area contributed by atoms with E-state index in [1.807, 2.05) is 50.2 Å². The monoisotopic (exact) mass is 457 g/mol. The molecular formula is C22H25Cl2N7. The Balaban J connectivity index is 1.69. The Morgan fingerprint density at radius 2 is 1.23 bits per heavy atom. The number of piperazine rings is 1. The number of nitrogens with zero attached hydrogens (tertiary/aromatic N) is 5. The maximum atomic E-state index is 6.19. The minimum atomic E-state index is 0.455. The standard InChI is InChI=1S/C22H25Cl2N7/c1-14-4-6-16(23)12-18(14)25-20-27-21(26-19-13-17(24)7-5-15(19)2)29-22(28-20)31-10-8-30(3)9-11-31/h4-7,12-13H,8-11H2,1-3H3,(H2,25,26,27,28,29). The molecule has 0 unspecified atom stereocenters. The molecule has 1 aliphatic heterocycles. The molecule has 0 atom stereocenters. The molecule has 7 nitrogen and oxygen atoms in total. The first-order valence-electron chi connectivity index (χ1n) is 10.1. The van der Waals surface area contributed by atoms with E-state index in [-0.39, 0.29) is 0 Å². The van der Waals surface area contributed by atoms with Crippen molar-refractivity contribution in [3.8, 4) is 0 Å². The van der Waals surface area contributed by atoms with E-state index in [1.54, 1.807) is 0 Å². The summed E-state index contributed by atoms with van der Waals surface area (Å²) in [5.41, 5.74) is 3.80. The van der Waals surface area contributed by atoms with Crippen molar-refractivity contribution < 1.29 is 0 Å². The Hall–Kier alpha value is -2.61. The average molecular weight is 458 g/mol. The van der Waals surface area contributed by atoms with Crippen LogP contribution in [-0.2, 0) is 0 Å². The van der Waals surface area contributed by atoms with Crippen LogP contribution in [0.15, 0.2) is 36.4 Å². The summed E-state index contributed by atoms with van der Waals surface area (Å²) < 4.78 is 0. The molecule has 0 radical (unpaired) electrons. The summed E-state index contributed by atoms with van der Waals surface area (Å²) in [7, 11) is 2.12. The van der Waals surface area contributed by atoms with Crippen molar-refractivity contribution in [2.45, 2.75) is 13.8 Å². The second-order valence-corrected chi connectivity index (χ2v) is 8.61. The first kappa shape index (κ1) is 21.6. The number of benzene rings is 2. The predicted octanol–water partition coefficient (Wildman–Crippen LogP) is 5.03. The third-order valence-electron chi connectivity index (χ3n) is 5.30. The fraction of sp³-hybridized carbons (Fsp3) is 0.318. The number of likely N-dealkylation sites (N-methyl/N-ethyl adjacent to an activating group) is 1. The number of hydrogen-bond donors (Lipinski definition) is 2. The molecule has 9 heteroatoms. The first-order valence-corrected chi connectivity index (χ1v) is 10.9. The summed E-state index contributed by atoms with van der Waals surface area (Å²) >= 11 is 12.4. The van der Waals surface area contributed by atoms with Gasteiger partial charge in [-0.2, -0.15) is 15.0 Å². The van der Waals surface area contributed by atoms with Gasteiger partial charge in [0, 0.05) is 47.6 Å². The molecule has 0 amide bonds. The molecule has 2 aromatic carbocycles. The molecule has 1 aliphatic rings. The molecule has 0 saturated carbocycles. The van der Waals surface area contributed by atoms with Gasteiger partial charge in [-0.05, 0) is 56.3 Å². The number of rotatable bonds is 5. The molecule has 0 bridgehead atoms. The van der Waals surface area contributed by atoms with E-state index in [0.29, 0.717) is 27.9 Å². The number of hydrogen-bond acceptors (Lipinski definition) is 7. The van der Waals surface area contributed by atoms with E-state index >= 15 is 0 Å². The summed E-state index contributed by atoms with van der Waals surface area (Å²) in [6.07, 6.45) is 0. The van der Waals surface area contributed by atoms with Crippen molar-refractivity contribution in [2.24, 2.45) is 0 Å². The molecule has 2 heterocycles.